The van der Waals surface area contributed by atoms with E-state index in [2.05, 4.69) is 230 Å². The molecular formula is C59H60N4O. The van der Waals surface area contributed by atoms with Crippen molar-refractivity contribution in [2.24, 2.45) is 0 Å². The molecule has 0 amide bonds. The number of ether oxygens (including phenoxy) is 1. The minimum absolute atomic E-state index is 0.00796. The molecule has 0 unspecified atom stereocenters. The maximum absolute atomic E-state index is 6.83. The fourth-order valence-corrected chi connectivity index (χ4v) is 8.92. The van der Waals surface area contributed by atoms with E-state index in [1.54, 1.807) is 0 Å². The number of anilines is 4. The quantitative estimate of drug-likeness (QED) is 0.143. The van der Waals surface area contributed by atoms with Crippen molar-refractivity contribution in [3.05, 3.63) is 187 Å². The first-order valence-corrected chi connectivity index (χ1v) is 22.5. The zero-order valence-electron chi connectivity index (χ0n) is 39.1. The standard InChI is InChI=1S/C59H60N4O/c1-12-39(13-2)41-22-26-52-51(32-41)50-25-24-49(37-54(50)63(52)56-35-44(28-29-60-56)58(6,7)8)64-48-21-17-20-46(36-48)61-38-62(55-34-43(57(3,4)5)23-27-53(55)61)47-31-42(40-18-15-14-16-19-40)30-45(33-47)59(9,10)11/h12-37H,1,38H2,2-11H3/b39-13+. The summed E-state index contributed by atoms with van der Waals surface area (Å²) in [5.41, 5.74) is 15.2. The Balaban J connectivity index is 1.12. The molecule has 0 saturated carbocycles. The van der Waals surface area contributed by atoms with E-state index >= 15 is 0 Å². The lowest BCUT2D eigenvalue weighted by Crippen LogP contribution is -2.24. The van der Waals surface area contributed by atoms with Gasteiger partial charge in [0.25, 0.3) is 0 Å². The molecule has 1 aliphatic heterocycles. The highest BCUT2D eigenvalue weighted by Gasteiger charge is 2.31. The molecule has 0 spiro atoms. The van der Waals surface area contributed by atoms with E-state index in [0.29, 0.717) is 6.67 Å². The Hall–Kier alpha value is -6.85. The number of rotatable bonds is 8. The summed E-state index contributed by atoms with van der Waals surface area (Å²) in [5.74, 6) is 2.41. The fraction of sp³-hybridized carbons (Fsp3) is 0.237. The highest BCUT2D eigenvalue weighted by atomic mass is 16.5. The SMILES string of the molecule is C=C/C(=C\C)c1ccc2c(c1)c1ccc(Oc3cccc(N4CN(c5cc(-c6ccccc6)cc(C(C)(C)C)c5)c5cc(C(C)(C)C)ccc54)c3)cc1n2-c1cc(C(C)(C)C)ccn1. The molecule has 0 N–H and O–H groups in total. The lowest BCUT2D eigenvalue weighted by atomic mass is 9.84. The van der Waals surface area contributed by atoms with Gasteiger partial charge in [-0.3, -0.25) is 4.57 Å². The van der Waals surface area contributed by atoms with Crippen molar-refractivity contribution in [2.75, 3.05) is 16.5 Å². The van der Waals surface area contributed by atoms with Crippen molar-refractivity contribution in [3.63, 3.8) is 0 Å². The van der Waals surface area contributed by atoms with Crippen LogP contribution in [0.15, 0.2) is 164 Å². The molecule has 0 bridgehead atoms. The number of pyridine rings is 1. The Morgan fingerprint density at radius 1 is 0.562 bits per heavy atom. The van der Waals surface area contributed by atoms with E-state index in [1.807, 2.05) is 18.3 Å². The smallest absolute Gasteiger partial charge is 0.137 e. The van der Waals surface area contributed by atoms with Gasteiger partial charge in [0.1, 0.15) is 24.0 Å². The number of allylic oxidation sites excluding steroid dienone is 3. The second-order valence-electron chi connectivity index (χ2n) is 20.3. The molecule has 1 aliphatic rings. The number of fused-ring (bicyclic) bond motifs is 4. The minimum Gasteiger partial charge on any atom is -0.457 e. The van der Waals surface area contributed by atoms with Crippen molar-refractivity contribution >= 4 is 50.1 Å². The highest BCUT2D eigenvalue weighted by molar-refractivity contribution is 6.10. The van der Waals surface area contributed by atoms with Crippen LogP contribution < -0.4 is 14.5 Å². The summed E-state index contributed by atoms with van der Waals surface area (Å²) in [6, 6.07) is 50.7. The average Bonchev–Trinajstić information content (AvgIpc) is 3.82. The Bertz CT molecular complexity index is 3090. The van der Waals surface area contributed by atoms with Crippen molar-refractivity contribution in [3.8, 4) is 28.4 Å². The first-order valence-electron chi connectivity index (χ1n) is 22.5. The third-order valence-electron chi connectivity index (χ3n) is 12.7. The van der Waals surface area contributed by atoms with Crippen LogP contribution in [-0.4, -0.2) is 16.2 Å². The van der Waals surface area contributed by atoms with E-state index in [0.717, 1.165) is 55.9 Å². The third-order valence-corrected chi connectivity index (χ3v) is 12.7. The van der Waals surface area contributed by atoms with E-state index in [1.165, 1.54) is 44.9 Å². The maximum Gasteiger partial charge on any atom is 0.137 e. The monoisotopic (exact) mass is 840 g/mol. The molecule has 6 aromatic carbocycles. The van der Waals surface area contributed by atoms with E-state index in [9.17, 15) is 0 Å². The third kappa shape index (κ3) is 8.00. The second kappa shape index (κ2) is 16.1. The van der Waals surface area contributed by atoms with Gasteiger partial charge in [-0.25, -0.2) is 4.98 Å². The molecule has 5 heteroatoms. The molecule has 3 heterocycles. The predicted octanol–water partition coefficient (Wildman–Crippen LogP) is 16.4. The van der Waals surface area contributed by atoms with Crippen molar-refractivity contribution < 1.29 is 4.74 Å². The second-order valence-corrected chi connectivity index (χ2v) is 20.3. The lowest BCUT2D eigenvalue weighted by molar-refractivity contribution is 0.483. The topological polar surface area (TPSA) is 33.5 Å². The van der Waals surface area contributed by atoms with Crippen molar-refractivity contribution in [1.82, 2.24) is 9.55 Å². The van der Waals surface area contributed by atoms with E-state index < -0.39 is 0 Å². The van der Waals surface area contributed by atoms with Crippen LogP contribution in [0.25, 0.3) is 44.3 Å². The van der Waals surface area contributed by atoms with Gasteiger partial charge in [-0.1, -0.05) is 136 Å². The minimum atomic E-state index is -0.0323. The van der Waals surface area contributed by atoms with Gasteiger partial charge >= 0.3 is 0 Å². The number of hydrogen-bond donors (Lipinski definition) is 0. The van der Waals surface area contributed by atoms with Crippen molar-refractivity contribution in [1.29, 1.82) is 0 Å². The lowest BCUT2D eigenvalue weighted by Gasteiger charge is -2.27. The summed E-state index contributed by atoms with van der Waals surface area (Å²) in [5, 5.41) is 2.29. The molecule has 0 atom stereocenters. The number of hydrogen-bond acceptors (Lipinski definition) is 4. The first kappa shape index (κ1) is 42.5. The van der Waals surface area contributed by atoms with E-state index in [4.69, 9.17) is 9.72 Å². The predicted molar refractivity (Wildman–Crippen MR) is 273 cm³/mol. The summed E-state index contributed by atoms with van der Waals surface area (Å²) in [7, 11) is 0. The highest BCUT2D eigenvalue weighted by Crippen LogP contribution is 2.48. The molecule has 322 valence electrons. The zero-order chi connectivity index (χ0) is 45.1. The Kier molecular flexibility index (Phi) is 10.6. The van der Waals surface area contributed by atoms with Gasteiger partial charge in [-0.05, 0) is 135 Å². The zero-order valence-corrected chi connectivity index (χ0v) is 39.1. The van der Waals surface area contributed by atoms with Gasteiger partial charge in [0.15, 0.2) is 0 Å². The maximum atomic E-state index is 6.83. The van der Waals surface area contributed by atoms with Gasteiger partial charge < -0.3 is 14.5 Å². The molecule has 64 heavy (non-hydrogen) atoms. The molecule has 8 aromatic rings. The van der Waals surface area contributed by atoms with Crippen LogP contribution in [0.4, 0.5) is 22.7 Å². The van der Waals surface area contributed by atoms with Crippen LogP contribution in [0.5, 0.6) is 11.5 Å². The van der Waals surface area contributed by atoms with Crippen LogP contribution in [0.3, 0.4) is 0 Å². The number of aromatic nitrogens is 2. The van der Waals surface area contributed by atoms with E-state index in [-0.39, 0.29) is 16.2 Å². The molecule has 0 saturated heterocycles. The average molecular weight is 841 g/mol. The van der Waals surface area contributed by atoms with Gasteiger partial charge in [0.05, 0.1) is 22.4 Å². The normalized spacial score (nSPS) is 13.5. The Labute approximate surface area is 380 Å². The summed E-state index contributed by atoms with van der Waals surface area (Å²) in [6.07, 6.45) is 5.95. The summed E-state index contributed by atoms with van der Waals surface area (Å²) < 4.78 is 9.11. The van der Waals surface area contributed by atoms with Gasteiger partial charge in [0.2, 0.25) is 0 Å². The van der Waals surface area contributed by atoms with Crippen LogP contribution >= 0.6 is 0 Å². The summed E-state index contributed by atoms with van der Waals surface area (Å²) >= 11 is 0. The summed E-state index contributed by atoms with van der Waals surface area (Å²) in [6.45, 7) is 27.3. The largest absolute Gasteiger partial charge is 0.457 e. The molecular weight excluding hydrogens is 781 g/mol. The van der Waals surface area contributed by atoms with Crippen LogP contribution in [0.1, 0.15) is 91.5 Å². The van der Waals surface area contributed by atoms with Crippen molar-refractivity contribution in [2.45, 2.75) is 85.5 Å². The molecule has 0 radical (unpaired) electrons. The van der Waals surface area contributed by atoms with Gasteiger partial charge in [-0.2, -0.15) is 0 Å². The molecule has 2 aromatic heterocycles. The number of benzene rings is 6. The van der Waals surface area contributed by atoms with Gasteiger partial charge in [0, 0.05) is 40.5 Å². The molecule has 9 rings (SSSR count). The molecule has 0 fully saturated rings. The fourth-order valence-electron chi connectivity index (χ4n) is 8.92. The van der Waals surface area contributed by atoms with Crippen LogP contribution in [0.2, 0.25) is 0 Å². The van der Waals surface area contributed by atoms with Crippen LogP contribution in [0, 0.1) is 0 Å². The molecule has 5 nitrogen and oxygen atoms in total. The van der Waals surface area contributed by atoms with Crippen LogP contribution in [-0.2, 0) is 16.2 Å². The Morgan fingerprint density at radius 2 is 1.28 bits per heavy atom. The number of nitrogens with zero attached hydrogens (tertiary/aromatic N) is 4. The Morgan fingerprint density at radius 3 is 2.00 bits per heavy atom. The molecule has 0 aliphatic carbocycles. The van der Waals surface area contributed by atoms with Gasteiger partial charge in [-0.15, -0.1) is 0 Å². The first-order chi connectivity index (χ1) is 30.5. The summed E-state index contributed by atoms with van der Waals surface area (Å²) in [4.78, 5) is 9.83.